The van der Waals surface area contributed by atoms with E-state index in [1.807, 2.05) is 0 Å². The highest BCUT2D eigenvalue weighted by molar-refractivity contribution is 8.29. The van der Waals surface area contributed by atoms with Crippen LogP contribution < -0.4 is 0 Å². The summed E-state index contributed by atoms with van der Waals surface area (Å²) in [5, 5.41) is 0. The zero-order chi connectivity index (χ0) is 14.8. The Morgan fingerprint density at radius 1 is 0.842 bits per heavy atom. The fourth-order valence-corrected chi connectivity index (χ4v) is 12.9. The first-order valence-electron chi connectivity index (χ1n) is 7.48. The van der Waals surface area contributed by atoms with Crippen molar-refractivity contribution in [2.45, 2.75) is 76.9 Å². The Hall–Kier alpha value is -0.213. The van der Waals surface area contributed by atoms with Crippen LogP contribution in [0.5, 0.6) is 0 Å². The van der Waals surface area contributed by atoms with E-state index in [0.29, 0.717) is 0 Å². The number of benzene rings is 1. The fourth-order valence-electron chi connectivity index (χ4n) is 3.38. The first-order chi connectivity index (χ1) is 8.73. The molecule has 0 bridgehead atoms. The van der Waals surface area contributed by atoms with Crippen molar-refractivity contribution in [3.63, 3.8) is 0 Å². The van der Waals surface area contributed by atoms with E-state index >= 15 is 0 Å². The van der Waals surface area contributed by atoms with Crippen molar-refractivity contribution in [1.82, 2.24) is 0 Å². The van der Waals surface area contributed by atoms with Crippen molar-refractivity contribution in [2.75, 3.05) is 0 Å². The Morgan fingerprint density at radius 3 is 1.74 bits per heavy atom. The Kier molecular flexibility index (Phi) is 5.75. The van der Waals surface area contributed by atoms with Crippen molar-refractivity contribution in [2.24, 2.45) is 0 Å². The molecule has 0 heterocycles. The minimum absolute atomic E-state index is 0.803. The monoisotopic (exact) mass is 294 g/mol. The van der Waals surface area contributed by atoms with Crippen LogP contribution in [0.25, 0.3) is 0 Å². The molecule has 1 aromatic carbocycles. The summed E-state index contributed by atoms with van der Waals surface area (Å²) in [5.41, 5.74) is 5.31. The molecule has 0 aromatic heterocycles. The van der Waals surface area contributed by atoms with Crippen molar-refractivity contribution in [3.05, 3.63) is 29.3 Å². The van der Waals surface area contributed by atoms with Crippen molar-refractivity contribution >= 4 is 18.4 Å². The molecular formula is C17H30SSi. The molecule has 108 valence electrons. The van der Waals surface area contributed by atoms with Gasteiger partial charge in [0.15, 0.2) is 0 Å². The second-order valence-electron chi connectivity index (χ2n) is 6.62. The number of aryl methyl sites for hydroxylation is 1. The van der Waals surface area contributed by atoms with Gasteiger partial charge < -0.3 is 0 Å². The van der Waals surface area contributed by atoms with Gasteiger partial charge in [0, 0.05) is 4.90 Å². The molecule has 19 heavy (non-hydrogen) atoms. The average Bonchev–Trinajstić information content (AvgIpc) is 2.29. The van der Waals surface area contributed by atoms with Gasteiger partial charge in [-0.15, -0.1) is 11.2 Å². The van der Waals surface area contributed by atoms with Crippen LogP contribution in [0.1, 0.15) is 52.7 Å². The third-order valence-electron chi connectivity index (χ3n) is 4.55. The summed E-state index contributed by atoms with van der Waals surface area (Å²) in [6.45, 7) is 19.1. The zero-order valence-corrected chi connectivity index (χ0v) is 15.7. The Bertz CT molecular complexity index is 399. The molecule has 0 unspecified atom stereocenters. The normalized spacial score (nSPS) is 12.8. The highest BCUT2D eigenvalue weighted by Crippen LogP contribution is 2.52. The van der Waals surface area contributed by atoms with Crippen LogP contribution >= 0.6 is 11.2 Å². The van der Waals surface area contributed by atoms with Crippen LogP contribution in [-0.2, 0) is 0 Å². The first-order valence-corrected chi connectivity index (χ1v) is 11.3. The van der Waals surface area contributed by atoms with E-state index in [0.717, 1.165) is 16.6 Å². The molecule has 0 aliphatic heterocycles. The van der Waals surface area contributed by atoms with Crippen LogP contribution in [0.15, 0.2) is 23.1 Å². The lowest BCUT2D eigenvalue weighted by atomic mass is 10.1. The van der Waals surface area contributed by atoms with E-state index in [1.165, 1.54) is 16.0 Å². The summed E-state index contributed by atoms with van der Waals surface area (Å²) in [4.78, 5) is 1.52. The second-order valence-corrected chi connectivity index (χ2v) is 15.2. The summed E-state index contributed by atoms with van der Waals surface area (Å²) >= 11 is 2.24. The van der Waals surface area contributed by atoms with Gasteiger partial charge in [0.1, 0.15) is 7.22 Å². The Balaban J connectivity index is 3.25. The van der Waals surface area contributed by atoms with Crippen LogP contribution in [0.4, 0.5) is 0 Å². The lowest BCUT2D eigenvalue weighted by molar-refractivity contribution is 0.851. The maximum absolute atomic E-state index is 2.43. The van der Waals surface area contributed by atoms with Crippen molar-refractivity contribution in [1.29, 1.82) is 0 Å². The molecule has 0 atom stereocenters. The van der Waals surface area contributed by atoms with Crippen LogP contribution in [-0.4, -0.2) is 7.22 Å². The summed E-state index contributed by atoms with van der Waals surface area (Å²) in [5.74, 6) is 0. The third-order valence-corrected chi connectivity index (χ3v) is 16.9. The van der Waals surface area contributed by atoms with Gasteiger partial charge in [-0.3, -0.25) is 0 Å². The lowest BCUT2D eigenvalue weighted by Crippen LogP contribution is -2.41. The van der Waals surface area contributed by atoms with Gasteiger partial charge in [-0.2, -0.15) is 0 Å². The lowest BCUT2D eigenvalue weighted by Gasteiger charge is -2.42. The Morgan fingerprint density at radius 2 is 1.32 bits per heavy atom. The van der Waals surface area contributed by atoms with Gasteiger partial charge >= 0.3 is 0 Å². The fraction of sp³-hybridized carbons (Fsp3) is 0.647. The maximum Gasteiger partial charge on any atom is 0.131 e. The van der Waals surface area contributed by atoms with E-state index in [4.69, 9.17) is 0 Å². The molecule has 1 rings (SSSR count). The molecule has 0 fully saturated rings. The standard InChI is InChI=1S/C17H30SSi/c1-12(2)19(13(3)4,14(5)6)18-17-11-9-10-15(7)16(17)8/h9-14H,1-8H3. The van der Waals surface area contributed by atoms with Crippen LogP contribution in [0.3, 0.4) is 0 Å². The predicted octanol–water partition coefficient (Wildman–Crippen LogP) is 6.57. The molecule has 0 amide bonds. The summed E-state index contributed by atoms with van der Waals surface area (Å²) < 4.78 is 0. The highest BCUT2D eigenvalue weighted by Gasteiger charge is 2.44. The van der Waals surface area contributed by atoms with E-state index in [2.05, 4.69) is 84.8 Å². The molecule has 1 aromatic rings. The van der Waals surface area contributed by atoms with Gasteiger partial charge in [-0.05, 0) is 47.7 Å². The first kappa shape index (κ1) is 16.8. The number of rotatable bonds is 5. The average molecular weight is 295 g/mol. The van der Waals surface area contributed by atoms with E-state index in [1.54, 1.807) is 0 Å². The van der Waals surface area contributed by atoms with Crippen molar-refractivity contribution < 1.29 is 0 Å². The molecule has 0 nitrogen and oxygen atoms in total. The minimum atomic E-state index is -1.41. The molecule has 0 saturated carbocycles. The van der Waals surface area contributed by atoms with E-state index < -0.39 is 7.22 Å². The number of hydrogen-bond donors (Lipinski definition) is 0. The van der Waals surface area contributed by atoms with E-state index in [-0.39, 0.29) is 0 Å². The molecule has 2 heteroatoms. The molecule has 0 aliphatic rings. The third kappa shape index (κ3) is 3.28. The van der Waals surface area contributed by atoms with Gasteiger partial charge in [0.25, 0.3) is 0 Å². The summed E-state index contributed by atoms with van der Waals surface area (Å²) in [6.07, 6.45) is 0. The van der Waals surface area contributed by atoms with Crippen LogP contribution in [0, 0.1) is 13.8 Å². The zero-order valence-electron chi connectivity index (χ0n) is 13.9. The SMILES string of the molecule is Cc1cccc(S[Si](C(C)C)(C(C)C)C(C)C)c1C. The molecular weight excluding hydrogens is 264 g/mol. The van der Waals surface area contributed by atoms with E-state index in [9.17, 15) is 0 Å². The quantitative estimate of drug-likeness (QED) is 0.553. The van der Waals surface area contributed by atoms with Crippen LogP contribution in [0.2, 0.25) is 16.6 Å². The molecule has 0 saturated heterocycles. The smallest absolute Gasteiger partial charge is 0.131 e. The van der Waals surface area contributed by atoms with Gasteiger partial charge in [0.2, 0.25) is 0 Å². The summed E-state index contributed by atoms with van der Waals surface area (Å²) in [6, 6.07) is 6.76. The van der Waals surface area contributed by atoms with Gasteiger partial charge in [-0.25, -0.2) is 0 Å². The predicted molar refractivity (Wildman–Crippen MR) is 92.8 cm³/mol. The molecule has 0 radical (unpaired) electrons. The topological polar surface area (TPSA) is 0 Å². The van der Waals surface area contributed by atoms with Crippen molar-refractivity contribution in [3.8, 4) is 0 Å². The second kappa shape index (κ2) is 6.49. The molecule has 0 aliphatic carbocycles. The number of hydrogen-bond acceptors (Lipinski definition) is 1. The Labute approximate surface area is 125 Å². The molecule has 0 spiro atoms. The minimum Gasteiger partial charge on any atom is -0.150 e. The van der Waals surface area contributed by atoms with Gasteiger partial charge in [0.05, 0.1) is 0 Å². The maximum atomic E-state index is 2.43. The summed E-state index contributed by atoms with van der Waals surface area (Å²) in [7, 11) is -1.41. The molecule has 0 N–H and O–H groups in total. The van der Waals surface area contributed by atoms with Gasteiger partial charge in [-0.1, -0.05) is 53.7 Å². The highest BCUT2D eigenvalue weighted by atomic mass is 32.4. The largest absolute Gasteiger partial charge is 0.150 e.